The quantitative estimate of drug-likeness (QED) is 0.586. The fourth-order valence-corrected chi connectivity index (χ4v) is 2.58. The number of rotatable bonds is 1. The summed E-state index contributed by atoms with van der Waals surface area (Å²) >= 11 is 0. The van der Waals surface area contributed by atoms with Crippen molar-refractivity contribution >= 4 is 5.91 Å². The molecule has 3 fully saturated rings. The highest BCUT2D eigenvalue weighted by Crippen LogP contribution is 2.32. The van der Waals surface area contributed by atoms with Gasteiger partial charge in [0.2, 0.25) is 5.91 Å². The maximum absolute atomic E-state index is 11.8. The van der Waals surface area contributed by atoms with Crippen LogP contribution in [-0.2, 0) is 4.79 Å². The molecule has 1 atom stereocenters. The fraction of sp³-hybridized carbons (Fsp3) is 0.900. The summed E-state index contributed by atoms with van der Waals surface area (Å²) in [6, 6.07) is 0. The molecule has 1 unspecified atom stereocenters. The number of piperidine rings is 3. The van der Waals surface area contributed by atoms with E-state index in [2.05, 4.69) is 4.90 Å². The highest BCUT2D eigenvalue weighted by molar-refractivity contribution is 5.79. The van der Waals surface area contributed by atoms with Crippen LogP contribution >= 0.6 is 0 Å². The van der Waals surface area contributed by atoms with E-state index in [9.17, 15) is 4.79 Å². The van der Waals surface area contributed by atoms with Gasteiger partial charge in [0.05, 0.1) is 5.92 Å². The lowest BCUT2D eigenvalue weighted by Gasteiger charge is -2.44. The summed E-state index contributed by atoms with van der Waals surface area (Å²) in [6.07, 6.45) is 2.45. The van der Waals surface area contributed by atoms with Crippen molar-refractivity contribution in [3.05, 3.63) is 0 Å². The van der Waals surface area contributed by atoms with E-state index in [1.54, 1.807) is 4.90 Å². The summed E-state index contributed by atoms with van der Waals surface area (Å²) in [6.45, 7) is 3.42. The first-order chi connectivity index (χ1) is 6.18. The Balaban J connectivity index is 2.04. The molecule has 0 aliphatic carbocycles. The Morgan fingerprint density at radius 2 is 1.92 bits per heavy atom. The van der Waals surface area contributed by atoms with Crippen molar-refractivity contribution in [2.75, 3.05) is 33.7 Å². The molecule has 3 heteroatoms. The molecular formula is C10H18N2O. The molecule has 13 heavy (non-hydrogen) atoms. The zero-order valence-electron chi connectivity index (χ0n) is 8.49. The minimum Gasteiger partial charge on any atom is -0.349 e. The van der Waals surface area contributed by atoms with Crippen LogP contribution in [0.25, 0.3) is 0 Å². The van der Waals surface area contributed by atoms with Gasteiger partial charge in [-0.2, -0.15) is 0 Å². The van der Waals surface area contributed by atoms with Gasteiger partial charge in [0.15, 0.2) is 0 Å². The van der Waals surface area contributed by atoms with Crippen LogP contribution in [0.3, 0.4) is 0 Å². The van der Waals surface area contributed by atoms with E-state index in [0.717, 1.165) is 6.54 Å². The Hall–Kier alpha value is -0.570. The van der Waals surface area contributed by atoms with Crippen LogP contribution in [0.5, 0.6) is 0 Å². The monoisotopic (exact) mass is 182 g/mol. The van der Waals surface area contributed by atoms with Crippen molar-refractivity contribution in [3.63, 3.8) is 0 Å². The van der Waals surface area contributed by atoms with Crippen LogP contribution in [0.15, 0.2) is 0 Å². The summed E-state index contributed by atoms with van der Waals surface area (Å²) in [5.41, 5.74) is 0. The molecule has 3 saturated heterocycles. The smallest absolute Gasteiger partial charge is 0.226 e. The number of amides is 1. The molecule has 0 spiro atoms. The van der Waals surface area contributed by atoms with Gasteiger partial charge in [0.25, 0.3) is 0 Å². The second-order valence-electron chi connectivity index (χ2n) is 4.48. The van der Waals surface area contributed by atoms with E-state index in [4.69, 9.17) is 0 Å². The summed E-state index contributed by atoms with van der Waals surface area (Å²) < 4.78 is 0. The van der Waals surface area contributed by atoms with Crippen molar-refractivity contribution in [2.24, 2.45) is 11.8 Å². The second-order valence-corrected chi connectivity index (χ2v) is 4.48. The van der Waals surface area contributed by atoms with Crippen LogP contribution in [0.4, 0.5) is 0 Å². The molecule has 3 aliphatic heterocycles. The Bertz CT molecular complexity index is 207. The molecule has 0 aromatic rings. The fourth-order valence-electron chi connectivity index (χ4n) is 2.58. The van der Waals surface area contributed by atoms with E-state index in [0.29, 0.717) is 11.8 Å². The standard InChI is InChI=1S/C10H18N2O/c1-11(2)10(13)9-7-12-5-3-8(9)4-6-12/h8-9H,3-7H2,1-2H3. The van der Waals surface area contributed by atoms with E-state index < -0.39 is 0 Å². The first kappa shape index (κ1) is 9.00. The van der Waals surface area contributed by atoms with Gasteiger partial charge in [-0.25, -0.2) is 0 Å². The minimum absolute atomic E-state index is 0.289. The van der Waals surface area contributed by atoms with Gasteiger partial charge in [0, 0.05) is 20.6 Å². The molecule has 0 aromatic carbocycles. The molecule has 74 valence electrons. The van der Waals surface area contributed by atoms with Gasteiger partial charge in [-0.1, -0.05) is 0 Å². The lowest BCUT2D eigenvalue weighted by Crippen LogP contribution is -2.52. The Morgan fingerprint density at radius 3 is 2.31 bits per heavy atom. The highest BCUT2D eigenvalue weighted by atomic mass is 16.2. The van der Waals surface area contributed by atoms with Crippen molar-refractivity contribution in [2.45, 2.75) is 12.8 Å². The average molecular weight is 182 g/mol. The van der Waals surface area contributed by atoms with E-state index in [1.165, 1.54) is 25.9 Å². The van der Waals surface area contributed by atoms with Crippen molar-refractivity contribution in [1.29, 1.82) is 0 Å². The van der Waals surface area contributed by atoms with Crippen molar-refractivity contribution in [1.82, 2.24) is 9.80 Å². The Kier molecular flexibility index (Phi) is 2.28. The Morgan fingerprint density at radius 1 is 1.31 bits per heavy atom. The van der Waals surface area contributed by atoms with E-state index in [-0.39, 0.29) is 5.92 Å². The third-order valence-corrected chi connectivity index (χ3v) is 3.41. The third kappa shape index (κ3) is 1.57. The van der Waals surface area contributed by atoms with E-state index >= 15 is 0 Å². The minimum atomic E-state index is 0.289. The summed E-state index contributed by atoms with van der Waals surface area (Å²) in [5, 5.41) is 0. The molecule has 0 N–H and O–H groups in total. The number of hydrogen-bond donors (Lipinski definition) is 0. The number of nitrogens with zero attached hydrogens (tertiary/aromatic N) is 2. The molecule has 2 bridgehead atoms. The zero-order valence-corrected chi connectivity index (χ0v) is 8.49. The molecular weight excluding hydrogens is 164 g/mol. The SMILES string of the molecule is CN(C)C(=O)C1CN2CCC1CC2. The van der Waals surface area contributed by atoms with Gasteiger partial charge >= 0.3 is 0 Å². The molecule has 3 heterocycles. The summed E-state index contributed by atoms with van der Waals surface area (Å²) in [7, 11) is 3.72. The van der Waals surface area contributed by atoms with Crippen molar-refractivity contribution in [3.8, 4) is 0 Å². The van der Waals surface area contributed by atoms with Gasteiger partial charge in [0.1, 0.15) is 0 Å². The lowest BCUT2D eigenvalue weighted by molar-refractivity contribution is -0.139. The van der Waals surface area contributed by atoms with Crippen LogP contribution in [0.2, 0.25) is 0 Å². The highest BCUT2D eigenvalue weighted by Gasteiger charge is 2.38. The number of hydrogen-bond acceptors (Lipinski definition) is 2. The van der Waals surface area contributed by atoms with Crippen LogP contribution < -0.4 is 0 Å². The van der Waals surface area contributed by atoms with Crippen LogP contribution in [0, 0.1) is 11.8 Å². The third-order valence-electron chi connectivity index (χ3n) is 3.41. The molecule has 1 amide bonds. The molecule has 0 saturated carbocycles. The van der Waals surface area contributed by atoms with Gasteiger partial charge in [-0.3, -0.25) is 4.79 Å². The second kappa shape index (κ2) is 3.29. The number of carbonyl (C=O) groups is 1. The summed E-state index contributed by atoms with van der Waals surface area (Å²) in [5.74, 6) is 1.28. The molecule has 3 aliphatic rings. The van der Waals surface area contributed by atoms with Crippen LogP contribution in [-0.4, -0.2) is 49.4 Å². The maximum Gasteiger partial charge on any atom is 0.226 e. The number of fused-ring (bicyclic) bond motifs is 3. The maximum atomic E-state index is 11.8. The topological polar surface area (TPSA) is 23.6 Å². The molecule has 0 aromatic heterocycles. The largest absolute Gasteiger partial charge is 0.349 e. The van der Waals surface area contributed by atoms with Gasteiger partial charge in [-0.15, -0.1) is 0 Å². The average Bonchev–Trinajstić information content (AvgIpc) is 2.18. The Labute approximate surface area is 79.7 Å². The summed E-state index contributed by atoms with van der Waals surface area (Å²) in [4.78, 5) is 16.0. The van der Waals surface area contributed by atoms with Gasteiger partial charge in [-0.05, 0) is 31.8 Å². The molecule has 3 nitrogen and oxygen atoms in total. The molecule has 0 radical (unpaired) electrons. The molecule has 3 rings (SSSR count). The first-order valence-corrected chi connectivity index (χ1v) is 5.12. The first-order valence-electron chi connectivity index (χ1n) is 5.12. The van der Waals surface area contributed by atoms with Crippen LogP contribution in [0.1, 0.15) is 12.8 Å². The predicted molar refractivity (Wildman–Crippen MR) is 51.3 cm³/mol. The normalized spacial score (nSPS) is 37.5. The number of carbonyl (C=O) groups excluding carboxylic acids is 1. The van der Waals surface area contributed by atoms with Gasteiger partial charge < -0.3 is 9.80 Å². The van der Waals surface area contributed by atoms with E-state index in [1.807, 2.05) is 14.1 Å². The zero-order chi connectivity index (χ0) is 9.42. The lowest BCUT2D eigenvalue weighted by atomic mass is 9.78. The van der Waals surface area contributed by atoms with Crippen molar-refractivity contribution < 1.29 is 4.79 Å². The predicted octanol–water partition coefficient (Wildman–Crippen LogP) is 0.416.